The van der Waals surface area contributed by atoms with Crippen LogP contribution in [0, 0.1) is 11.3 Å². The van der Waals surface area contributed by atoms with Crippen LogP contribution < -0.4 is 5.73 Å². The zero-order chi connectivity index (χ0) is 13.5. The van der Waals surface area contributed by atoms with E-state index in [0.29, 0.717) is 30.7 Å². The largest absolute Gasteiger partial charge is 0.463 e. The molecule has 1 aromatic rings. The maximum atomic E-state index is 10.6. The first kappa shape index (κ1) is 13.2. The summed E-state index contributed by atoms with van der Waals surface area (Å²) < 4.78 is 11.4. The van der Waals surface area contributed by atoms with Crippen molar-refractivity contribution in [1.29, 1.82) is 0 Å². The number of aliphatic hydroxyl groups is 1. The van der Waals surface area contributed by atoms with Crippen molar-refractivity contribution < 1.29 is 14.3 Å². The van der Waals surface area contributed by atoms with E-state index in [0.717, 1.165) is 25.2 Å². The molecule has 1 aliphatic carbocycles. The van der Waals surface area contributed by atoms with Gasteiger partial charge in [-0.25, -0.2) is 0 Å². The zero-order valence-corrected chi connectivity index (χ0v) is 11.5. The molecule has 3 rings (SSSR count). The van der Waals surface area contributed by atoms with Crippen LogP contribution in [-0.4, -0.2) is 24.9 Å². The van der Waals surface area contributed by atoms with Gasteiger partial charge in [-0.15, -0.1) is 0 Å². The highest BCUT2D eigenvalue weighted by Crippen LogP contribution is 2.49. The van der Waals surface area contributed by atoms with Crippen LogP contribution in [0.5, 0.6) is 0 Å². The topological polar surface area (TPSA) is 68.6 Å². The molecule has 4 unspecified atom stereocenters. The van der Waals surface area contributed by atoms with E-state index >= 15 is 0 Å². The fraction of sp³-hybridized carbons (Fsp3) is 0.733. The Morgan fingerprint density at radius 3 is 2.89 bits per heavy atom. The molecule has 106 valence electrons. The van der Waals surface area contributed by atoms with Crippen LogP contribution in [0.15, 0.2) is 16.5 Å². The second kappa shape index (κ2) is 4.93. The van der Waals surface area contributed by atoms with Gasteiger partial charge in [-0.1, -0.05) is 6.92 Å². The first-order valence-electron chi connectivity index (χ1n) is 7.22. The molecule has 0 spiro atoms. The molecule has 2 fully saturated rings. The van der Waals surface area contributed by atoms with E-state index in [2.05, 4.69) is 6.92 Å². The average molecular weight is 265 g/mol. The smallest absolute Gasteiger partial charge is 0.133 e. The quantitative estimate of drug-likeness (QED) is 0.875. The van der Waals surface area contributed by atoms with Crippen molar-refractivity contribution in [3.05, 3.63) is 23.7 Å². The summed E-state index contributed by atoms with van der Waals surface area (Å²) in [6, 6.07) is 3.90. The maximum Gasteiger partial charge on any atom is 0.133 e. The Bertz CT molecular complexity index is 436. The Morgan fingerprint density at radius 1 is 1.53 bits per heavy atom. The molecule has 0 aromatic carbocycles. The summed E-state index contributed by atoms with van der Waals surface area (Å²) >= 11 is 0. The summed E-state index contributed by atoms with van der Waals surface area (Å²) in [4.78, 5) is 0. The van der Waals surface area contributed by atoms with Gasteiger partial charge in [0.05, 0.1) is 6.61 Å². The average Bonchev–Trinajstić information content (AvgIpc) is 2.99. The van der Waals surface area contributed by atoms with Gasteiger partial charge in [-0.2, -0.15) is 0 Å². The van der Waals surface area contributed by atoms with Gasteiger partial charge < -0.3 is 20.0 Å². The van der Waals surface area contributed by atoms with E-state index in [4.69, 9.17) is 14.9 Å². The third kappa shape index (κ3) is 2.33. The summed E-state index contributed by atoms with van der Waals surface area (Å²) in [6.45, 7) is 3.92. The van der Waals surface area contributed by atoms with Gasteiger partial charge >= 0.3 is 0 Å². The Labute approximate surface area is 113 Å². The van der Waals surface area contributed by atoms with Crippen LogP contribution in [0.25, 0.3) is 0 Å². The monoisotopic (exact) mass is 265 g/mol. The SMILES string of the molecule is CC1CC1c1ccc(C(O)C2(CN)CCCOC2)o1. The third-order valence-electron chi connectivity index (χ3n) is 4.73. The number of ether oxygens (including phenoxy) is 1. The lowest BCUT2D eigenvalue weighted by molar-refractivity contribution is -0.0854. The molecule has 4 atom stereocenters. The second-order valence-electron chi connectivity index (χ2n) is 6.18. The lowest BCUT2D eigenvalue weighted by Crippen LogP contribution is -2.43. The fourth-order valence-corrected chi connectivity index (χ4v) is 3.10. The van der Waals surface area contributed by atoms with Crippen molar-refractivity contribution in [2.75, 3.05) is 19.8 Å². The molecule has 4 heteroatoms. The minimum Gasteiger partial charge on any atom is -0.463 e. The summed E-state index contributed by atoms with van der Waals surface area (Å²) in [5, 5.41) is 10.6. The van der Waals surface area contributed by atoms with Gasteiger partial charge in [0.15, 0.2) is 0 Å². The first-order chi connectivity index (χ1) is 9.16. The molecule has 1 saturated carbocycles. The number of aliphatic hydroxyl groups excluding tert-OH is 1. The van der Waals surface area contributed by atoms with Crippen LogP contribution >= 0.6 is 0 Å². The minimum atomic E-state index is -0.666. The predicted molar refractivity (Wildman–Crippen MR) is 71.7 cm³/mol. The lowest BCUT2D eigenvalue weighted by Gasteiger charge is -2.38. The van der Waals surface area contributed by atoms with Gasteiger partial charge in [0.1, 0.15) is 17.6 Å². The van der Waals surface area contributed by atoms with E-state index in [-0.39, 0.29) is 5.41 Å². The Morgan fingerprint density at radius 2 is 2.32 bits per heavy atom. The van der Waals surface area contributed by atoms with E-state index < -0.39 is 6.10 Å². The van der Waals surface area contributed by atoms with Crippen LogP contribution in [0.2, 0.25) is 0 Å². The van der Waals surface area contributed by atoms with Gasteiger partial charge in [-0.05, 0) is 37.3 Å². The molecule has 0 bridgehead atoms. The first-order valence-corrected chi connectivity index (χ1v) is 7.22. The summed E-state index contributed by atoms with van der Waals surface area (Å²) in [6.07, 6.45) is 2.36. The summed E-state index contributed by atoms with van der Waals surface area (Å²) in [5.41, 5.74) is 5.51. The molecule has 0 radical (unpaired) electrons. The molecule has 2 aliphatic rings. The Kier molecular flexibility index (Phi) is 3.41. The highest BCUT2D eigenvalue weighted by Gasteiger charge is 2.42. The molecule has 1 aromatic heterocycles. The number of hydrogen-bond acceptors (Lipinski definition) is 4. The highest BCUT2D eigenvalue weighted by molar-refractivity contribution is 5.20. The van der Waals surface area contributed by atoms with E-state index in [1.807, 2.05) is 12.1 Å². The van der Waals surface area contributed by atoms with Gasteiger partial charge in [0.25, 0.3) is 0 Å². The standard InChI is InChI=1S/C15H23NO3/c1-10-7-11(10)12-3-4-13(19-12)14(17)15(8-16)5-2-6-18-9-15/h3-4,10-11,14,17H,2,5-9,16H2,1H3. The molecule has 0 amide bonds. The summed E-state index contributed by atoms with van der Waals surface area (Å²) in [5.74, 6) is 2.89. The Hall–Kier alpha value is -0.840. The minimum absolute atomic E-state index is 0.386. The zero-order valence-electron chi connectivity index (χ0n) is 11.5. The number of hydrogen-bond donors (Lipinski definition) is 2. The van der Waals surface area contributed by atoms with E-state index in [1.165, 1.54) is 6.42 Å². The van der Waals surface area contributed by atoms with Gasteiger partial charge in [0.2, 0.25) is 0 Å². The number of furan rings is 1. The van der Waals surface area contributed by atoms with Crippen LogP contribution in [0.1, 0.15) is 49.7 Å². The molecule has 19 heavy (non-hydrogen) atoms. The lowest BCUT2D eigenvalue weighted by atomic mass is 9.76. The van der Waals surface area contributed by atoms with Crippen molar-refractivity contribution in [3.63, 3.8) is 0 Å². The van der Waals surface area contributed by atoms with Crippen molar-refractivity contribution in [2.24, 2.45) is 17.1 Å². The van der Waals surface area contributed by atoms with Crippen LogP contribution in [0.3, 0.4) is 0 Å². The number of rotatable bonds is 4. The molecule has 1 saturated heterocycles. The molecule has 1 aliphatic heterocycles. The molecule has 4 nitrogen and oxygen atoms in total. The number of nitrogens with two attached hydrogens (primary N) is 1. The fourth-order valence-electron chi connectivity index (χ4n) is 3.10. The van der Waals surface area contributed by atoms with E-state index in [9.17, 15) is 5.11 Å². The molecular formula is C15H23NO3. The van der Waals surface area contributed by atoms with Gasteiger partial charge in [0, 0.05) is 24.5 Å². The van der Waals surface area contributed by atoms with Gasteiger partial charge in [-0.3, -0.25) is 0 Å². The van der Waals surface area contributed by atoms with Crippen molar-refractivity contribution in [1.82, 2.24) is 0 Å². The normalized spacial score (nSPS) is 36.2. The van der Waals surface area contributed by atoms with Crippen molar-refractivity contribution >= 4 is 0 Å². The van der Waals surface area contributed by atoms with Crippen LogP contribution in [-0.2, 0) is 4.74 Å². The molecule has 2 heterocycles. The molecular weight excluding hydrogens is 242 g/mol. The van der Waals surface area contributed by atoms with E-state index in [1.54, 1.807) is 0 Å². The molecule has 3 N–H and O–H groups in total. The van der Waals surface area contributed by atoms with Crippen LogP contribution in [0.4, 0.5) is 0 Å². The highest BCUT2D eigenvalue weighted by atomic mass is 16.5. The predicted octanol–water partition coefficient (Wildman–Crippen LogP) is 2.19. The van der Waals surface area contributed by atoms with Crippen molar-refractivity contribution in [3.8, 4) is 0 Å². The maximum absolute atomic E-state index is 10.6. The Balaban J connectivity index is 1.78. The third-order valence-corrected chi connectivity index (χ3v) is 4.73. The summed E-state index contributed by atoms with van der Waals surface area (Å²) in [7, 11) is 0. The second-order valence-corrected chi connectivity index (χ2v) is 6.18. The van der Waals surface area contributed by atoms with Crippen molar-refractivity contribution in [2.45, 2.75) is 38.2 Å².